The van der Waals surface area contributed by atoms with Gasteiger partial charge in [0.15, 0.2) is 5.69 Å². The number of halogens is 1. The summed E-state index contributed by atoms with van der Waals surface area (Å²) in [6.07, 6.45) is 1.76. The van der Waals surface area contributed by atoms with Gasteiger partial charge in [0.1, 0.15) is 5.75 Å². The molecule has 0 saturated heterocycles. The highest BCUT2D eigenvalue weighted by Gasteiger charge is 2.14. The Hall–Kier alpha value is -1.57. The third kappa shape index (κ3) is 2.76. The van der Waals surface area contributed by atoms with Crippen molar-refractivity contribution in [3.8, 4) is 5.75 Å². The molecule has 6 heteroatoms. The highest BCUT2D eigenvalue weighted by molar-refractivity contribution is 14.1. The number of hydrogen-bond donors (Lipinski definition) is 2. The van der Waals surface area contributed by atoms with Gasteiger partial charge in [0.25, 0.3) is 5.91 Å². The largest absolute Gasteiger partial charge is 0.508 e. The van der Waals surface area contributed by atoms with Crippen molar-refractivity contribution in [3.05, 3.63) is 39.7 Å². The predicted octanol–water partition coefficient (Wildman–Crippen LogP) is 1.98. The Balaban J connectivity index is 2.20. The molecule has 2 N–H and O–H groups in total. The van der Waals surface area contributed by atoms with E-state index in [-0.39, 0.29) is 11.7 Å². The summed E-state index contributed by atoms with van der Waals surface area (Å²) in [5, 5.41) is 16.0. The van der Waals surface area contributed by atoms with E-state index in [9.17, 15) is 9.90 Å². The van der Waals surface area contributed by atoms with Crippen LogP contribution in [-0.4, -0.2) is 20.8 Å². The van der Waals surface area contributed by atoms with Crippen molar-refractivity contribution in [3.63, 3.8) is 0 Å². The minimum atomic E-state index is -0.291. The van der Waals surface area contributed by atoms with E-state index in [4.69, 9.17) is 0 Å². The maximum absolute atomic E-state index is 11.9. The quantitative estimate of drug-likeness (QED) is 0.820. The van der Waals surface area contributed by atoms with Crippen molar-refractivity contribution in [1.82, 2.24) is 9.78 Å². The van der Waals surface area contributed by atoms with Gasteiger partial charge in [-0.15, -0.1) is 0 Å². The maximum atomic E-state index is 11.9. The van der Waals surface area contributed by atoms with E-state index in [1.165, 1.54) is 6.07 Å². The van der Waals surface area contributed by atoms with Crippen molar-refractivity contribution in [2.75, 3.05) is 5.32 Å². The van der Waals surface area contributed by atoms with E-state index >= 15 is 0 Å². The molecule has 2 rings (SSSR count). The van der Waals surface area contributed by atoms with Crippen LogP contribution in [0.4, 0.5) is 5.69 Å². The number of benzene rings is 1. The molecule has 1 aromatic heterocycles. The number of carbonyl (C=O) groups is 1. The van der Waals surface area contributed by atoms with Crippen LogP contribution in [0.25, 0.3) is 0 Å². The first-order valence-electron chi connectivity index (χ1n) is 4.86. The Morgan fingerprint density at radius 1 is 1.53 bits per heavy atom. The number of phenols is 1. The molecule has 1 heterocycles. The second kappa shape index (κ2) is 4.74. The highest BCUT2D eigenvalue weighted by Crippen LogP contribution is 2.17. The summed E-state index contributed by atoms with van der Waals surface area (Å²) < 4.78 is 2.36. The molecule has 0 aliphatic heterocycles. The number of anilines is 1. The SMILES string of the molecule is Cn1cc(I)c(C(=O)Nc2cccc(O)c2)n1. The van der Waals surface area contributed by atoms with Crippen molar-refractivity contribution in [2.24, 2.45) is 7.05 Å². The first-order chi connectivity index (χ1) is 8.06. The van der Waals surface area contributed by atoms with Gasteiger partial charge in [-0.05, 0) is 34.7 Å². The Morgan fingerprint density at radius 2 is 2.29 bits per heavy atom. The Morgan fingerprint density at radius 3 is 2.88 bits per heavy atom. The number of carbonyl (C=O) groups excluding carboxylic acids is 1. The minimum absolute atomic E-state index is 0.110. The fourth-order valence-electron chi connectivity index (χ4n) is 1.39. The second-order valence-electron chi connectivity index (χ2n) is 3.50. The van der Waals surface area contributed by atoms with Crippen LogP contribution in [0.3, 0.4) is 0 Å². The lowest BCUT2D eigenvalue weighted by molar-refractivity contribution is 0.102. The lowest BCUT2D eigenvalue weighted by Gasteiger charge is -2.03. The van der Waals surface area contributed by atoms with Crippen molar-refractivity contribution in [1.29, 1.82) is 0 Å². The summed E-state index contributed by atoms with van der Waals surface area (Å²) in [7, 11) is 1.76. The monoisotopic (exact) mass is 343 g/mol. The molecule has 17 heavy (non-hydrogen) atoms. The molecule has 2 aromatic rings. The number of aromatic nitrogens is 2. The molecule has 0 saturated carbocycles. The van der Waals surface area contributed by atoms with Gasteiger partial charge in [-0.1, -0.05) is 6.07 Å². The normalized spacial score (nSPS) is 10.2. The first kappa shape index (κ1) is 11.9. The molecular formula is C11H10IN3O2. The lowest BCUT2D eigenvalue weighted by Crippen LogP contribution is -2.14. The zero-order valence-electron chi connectivity index (χ0n) is 9.01. The topological polar surface area (TPSA) is 67.2 Å². The number of nitrogens with zero attached hydrogens (tertiary/aromatic N) is 2. The first-order valence-corrected chi connectivity index (χ1v) is 5.93. The average molecular weight is 343 g/mol. The Bertz CT molecular complexity index is 566. The summed E-state index contributed by atoms with van der Waals surface area (Å²) in [6.45, 7) is 0. The van der Waals surface area contributed by atoms with Gasteiger partial charge in [0, 0.05) is 25.0 Å². The van der Waals surface area contributed by atoms with Crippen LogP contribution >= 0.6 is 22.6 Å². The Kier molecular flexibility index (Phi) is 3.32. The fourth-order valence-corrected chi connectivity index (χ4v) is 2.14. The molecular weight excluding hydrogens is 333 g/mol. The van der Waals surface area contributed by atoms with E-state index in [1.807, 2.05) is 0 Å². The summed E-state index contributed by atoms with van der Waals surface area (Å²) in [5.74, 6) is -0.181. The summed E-state index contributed by atoms with van der Waals surface area (Å²) in [6, 6.07) is 6.38. The van der Waals surface area contributed by atoms with Crippen molar-refractivity contribution in [2.45, 2.75) is 0 Å². The van der Waals surface area contributed by atoms with Crippen molar-refractivity contribution >= 4 is 34.2 Å². The minimum Gasteiger partial charge on any atom is -0.508 e. The van der Waals surface area contributed by atoms with Gasteiger partial charge in [-0.3, -0.25) is 9.48 Å². The third-order valence-corrected chi connectivity index (χ3v) is 2.89. The molecule has 0 spiro atoms. The van der Waals surface area contributed by atoms with Gasteiger partial charge < -0.3 is 10.4 Å². The van der Waals surface area contributed by atoms with E-state index in [0.717, 1.165) is 3.57 Å². The van der Waals surface area contributed by atoms with Crippen LogP contribution < -0.4 is 5.32 Å². The van der Waals surface area contributed by atoms with Gasteiger partial charge in [-0.25, -0.2) is 0 Å². The highest BCUT2D eigenvalue weighted by atomic mass is 127. The molecule has 0 unspecified atom stereocenters. The molecule has 0 atom stereocenters. The van der Waals surface area contributed by atoms with E-state index in [0.29, 0.717) is 11.4 Å². The molecule has 0 aliphatic rings. The number of rotatable bonds is 2. The van der Waals surface area contributed by atoms with E-state index < -0.39 is 0 Å². The van der Waals surface area contributed by atoms with Gasteiger partial charge in [-0.2, -0.15) is 5.10 Å². The number of aryl methyl sites for hydroxylation is 1. The number of nitrogens with one attached hydrogen (secondary N) is 1. The maximum Gasteiger partial charge on any atom is 0.277 e. The summed E-state index contributed by atoms with van der Waals surface area (Å²) >= 11 is 2.05. The number of aromatic hydroxyl groups is 1. The van der Waals surface area contributed by atoms with E-state index in [2.05, 4.69) is 33.0 Å². The number of phenolic OH excluding ortho intramolecular Hbond substituents is 1. The molecule has 0 fully saturated rings. The van der Waals surface area contributed by atoms with Crippen LogP contribution in [0.15, 0.2) is 30.5 Å². The van der Waals surface area contributed by atoms with Gasteiger partial charge in [0.2, 0.25) is 0 Å². The molecule has 1 aromatic carbocycles. The second-order valence-corrected chi connectivity index (χ2v) is 4.67. The predicted molar refractivity (Wildman–Crippen MR) is 72.0 cm³/mol. The van der Waals surface area contributed by atoms with Gasteiger partial charge in [0.05, 0.1) is 3.57 Å². The molecule has 0 radical (unpaired) electrons. The molecule has 5 nitrogen and oxygen atoms in total. The number of amides is 1. The molecule has 0 bridgehead atoms. The van der Waals surface area contributed by atoms with Crippen LogP contribution in [0.1, 0.15) is 10.5 Å². The third-order valence-electron chi connectivity index (χ3n) is 2.10. The average Bonchev–Trinajstić information content (AvgIpc) is 2.58. The summed E-state index contributed by atoms with van der Waals surface area (Å²) in [4.78, 5) is 11.9. The van der Waals surface area contributed by atoms with Crippen LogP contribution in [-0.2, 0) is 7.05 Å². The zero-order chi connectivity index (χ0) is 12.4. The van der Waals surface area contributed by atoms with Crippen LogP contribution in [0.5, 0.6) is 5.75 Å². The standard InChI is InChI=1S/C11H10IN3O2/c1-15-6-9(12)10(14-15)11(17)13-7-3-2-4-8(16)5-7/h2-6,16H,1H3,(H,13,17). The van der Waals surface area contributed by atoms with Gasteiger partial charge >= 0.3 is 0 Å². The number of hydrogen-bond acceptors (Lipinski definition) is 3. The smallest absolute Gasteiger partial charge is 0.277 e. The molecule has 0 aliphatic carbocycles. The lowest BCUT2D eigenvalue weighted by atomic mass is 10.3. The molecule has 1 amide bonds. The van der Waals surface area contributed by atoms with Crippen molar-refractivity contribution < 1.29 is 9.90 Å². The van der Waals surface area contributed by atoms with E-state index in [1.54, 1.807) is 36.1 Å². The van der Waals surface area contributed by atoms with Crippen LogP contribution in [0, 0.1) is 3.57 Å². The summed E-state index contributed by atoms with van der Waals surface area (Å²) in [5.41, 5.74) is 0.910. The molecule has 88 valence electrons. The van der Waals surface area contributed by atoms with Crippen LogP contribution in [0.2, 0.25) is 0 Å². The Labute approximate surface area is 112 Å². The zero-order valence-corrected chi connectivity index (χ0v) is 11.2. The fraction of sp³-hybridized carbons (Fsp3) is 0.0909.